The van der Waals surface area contributed by atoms with Crippen molar-refractivity contribution in [1.82, 2.24) is 19.5 Å². The Balaban J connectivity index is 1.16. The lowest BCUT2D eigenvalue weighted by molar-refractivity contribution is 0.436. The van der Waals surface area contributed by atoms with Crippen LogP contribution in [0, 0.1) is 22.7 Å². The number of rotatable bonds is 4. The molecule has 61 heavy (non-hydrogen) atoms. The van der Waals surface area contributed by atoms with Gasteiger partial charge in [0.25, 0.3) is 0 Å². The van der Waals surface area contributed by atoms with Crippen molar-refractivity contribution < 1.29 is 4.74 Å². The monoisotopic (exact) mass is 778 g/mol. The zero-order valence-electron chi connectivity index (χ0n) is 32.4. The van der Waals surface area contributed by atoms with Gasteiger partial charge in [-0.3, -0.25) is 0 Å². The van der Waals surface area contributed by atoms with Crippen LogP contribution in [-0.2, 0) is 5.41 Å². The van der Waals surface area contributed by atoms with E-state index in [1.165, 1.54) is 0 Å². The lowest BCUT2D eigenvalue weighted by atomic mass is 9.66. The Morgan fingerprint density at radius 1 is 0.459 bits per heavy atom. The molecular formula is C54H30N6O. The first kappa shape index (κ1) is 34.4. The third-order valence-electron chi connectivity index (χ3n) is 12.2. The van der Waals surface area contributed by atoms with E-state index in [1.54, 1.807) is 6.07 Å². The van der Waals surface area contributed by atoms with Gasteiger partial charge in [0, 0.05) is 44.2 Å². The van der Waals surface area contributed by atoms with Gasteiger partial charge in [-0.15, -0.1) is 0 Å². The van der Waals surface area contributed by atoms with Gasteiger partial charge in [0.15, 0.2) is 17.5 Å². The minimum atomic E-state index is -0.682. The van der Waals surface area contributed by atoms with Crippen LogP contribution in [0.1, 0.15) is 33.4 Å². The van der Waals surface area contributed by atoms with Gasteiger partial charge >= 0.3 is 0 Å². The summed E-state index contributed by atoms with van der Waals surface area (Å²) >= 11 is 0. The van der Waals surface area contributed by atoms with Crippen LogP contribution in [0.5, 0.6) is 11.5 Å². The molecule has 0 fully saturated rings. The molecule has 0 radical (unpaired) electrons. The van der Waals surface area contributed by atoms with Gasteiger partial charge in [-0.2, -0.15) is 10.5 Å². The van der Waals surface area contributed by atoms with E-state index in [1.807, 2.05) is 103 Å². The molecule has 0 N–H and O–H groups in total. The highest BCUT2D eigenvalue weighted by Crippen LogP contribution is 2.63. The summed E-state index contributed by atoms with van der Waals surface area (Å²) in [6, 6.07) is 66.0. The van der Waals surface area contributed by atoms with Gasteiger partial charge in [-0.25, -0.2) is 15.0 Å². The van der Waals surface area contributed by atoms with Crippen LogP contribution in [0.15, 0.2) is 182 Å². The smallest absolute Gasteiger partial charge is 0.165 e. The molecule has 2 aromatic heterocycles. The van der Waals surface area contributed by atoms with E-state index in [4.69, 9.17) is 19.7 Å². The molecule has 0 unspecified atom stereocenters. The molecule has 12 rings (SSSR count). The molecule has 7 heteroatoms. The van der Waals surface area contributed by atoms with Gasteiger partial charge in [0.1, 0.15) is 17.6 Å². The van der Waals surface area contributed by atoms with E-state index in [9.17, 15) is 10.5 Å². The number of benzene rings is 8. The van der Waals surface area contributed by atoms with Crippen LogP contribution >= 0.6 is 0 Å². The summed E-state index contributed by atoms with van der Waals surface area (Å²) < 4.78 is 8.78. The fraction of sp³-hybridized carbons (Fsp3) is 0.0185. The first-order valence-corrected chi connectivity index (χ1v) is 20.1. The van der Waals surface area contributed by atoms with Crippen LogP contribution in [-0.4, -0.2) is 19.5 Å². The number of aromatic nitrogens is 4. The van der Waals surface area contributed by atoms with E-state index in [2.05, 4.69) is 89.5 Å². The van der Waals surface area contributed by atoms with Crippen LogP contribution in [0.3, 0.4) is 0 Å². The maximum Gasteiger partial charge on any atom is 0.165 e. The average molecular weight is 779 g/mol. The summed E-state index contributed by atoms with van der Waals surface area (Å²) in [5, 5.41) is 24.2. The third kappa shape index (κ3) is 4.86. The van der Waals surface area contributed by atoms with Crippen molar-refractivity contribution in [3.8, 4) is 74.6 Å². The highest BCUT2D eigenvalue weighted by atomic mass is 16.5. The molecule has 1 aliphatic carbocycles. The standard InChI is InChI=1S/C54H30N6O/c55-31-35-30-46(36(32-56)29-40(35)53-58-51(33-15-3-1-4-16-33)57-52(59-53)34-17-5-2-6-18-34)60-45-24-12-8-19-37(45)38-27-28-44-49(50(38)60)39-20-7-9-21-41(39)54(44)42-22-10-13-25-47(42)61-48-26-14-11-23-43(48)54/h1-30H. The van der Waals surface area contributed by atoms with E-state index in [-0.39, 0.29) is 0 Å². The van der Waals surface area contributed by atoms with Crippen molar-refractivity contribution in [2.24, 2.45) is 0 Å². The molecule has 0 bridgehead atoms. The maximum atomic E-state index is 11.1. The van der Waals surface area contributed by atoms with Crippen LogP contribution in [0.25, 0.3) is 72.8 Å². The number of hydrogen-bond acceptors (Lipinski definition) is 6. The number of fused-ring (bicyclic) bond motifs is 13. The van der Waals surface area contributed by atoms with Crippen LogP contribution < -0.4 is 4.74 Å². The summed E-state index contributed by atoms with van der Waals surface area (Å²) in [5.41, 5.74) is 11.1. The molecular weight excluding hydrogens is 749 g/mol. The first-order valence-electron chi connectivity index (χ1n) is 20.1. The fourth-order valence-electron chi connectivity index (χ4n) is 9.71. The zero-order chi connectivity index (χ0) is 40.7. The van der Waals surface area contributed by atoms with Gasteiger partial charge in [0.05, 0.1) is 39.3 Å². The van der Waals surface area contributed by atoms with E-state index in [0.29, 0.717) is 39.9 Å². The summed E-state index contributed by atoms with van der Waals surface area (Å²) in [7, 11) is 0. The first-order chi connectivity index (χ1) is 30.2. The minimum absolute atomic E-state index is 0.308. The molecule has 7 nitrogen and oxygen atoms in total. The Kier molecular flexibility index (Phi) is 7.44. The summed E-state index contributed by atoms with van der Waals surface area (Å²) in [5.74, 6) is 2.88. The predicted molar refractivity (Wildman–Crippen MR) is 237 cm³/mol. The lowest BCUT2D eigenvalue weighted by Crippen LogP contribution is -2.32. The topological polar surface area (TPSA) is 100 Å². The van der Waals surface area contributed by atoms with E-state index in [0.717, 1.165) is 77.8 Å². The average Bonchev–Trinajstić information content (AvgIpc) is 3.82. The molecule has 10 aromatic rings. The van der Waals surface area contributed by atoms with Gasteiger partial charge in [-0.1, -0.05) is 152 Å². The maximum absolute atomic E-state index is 11.1. The molecule has 0 saturated heterocycles. The predicted octanol–water partition coefficient (Wildman–Crippen LogP) is 12.2. The van der Waals surface area contributed by atoms with Crippen molar-refractivity contribution >= 4 is 21.8 Å². The van der Waals surface area contributed by atoms with Gasteiger partial charge < -0.3 is 9.30 Å². The largest absolute Gasteiger partial charge is 0.457 e. The minimum Gasteiger partial charge on any atom is -0.457 e. The van der Waals surface area contributed by atoms with Crippen molar-refractivity contribution in [2.45, 2.75) is 5.41 Å². The molecule has 8 aromatic carbocycles. The summed E-state index contributed by atoms with van der Waals surface area (Å²) in [6.45, 7) is 0. The number of nitriles is 2. The third-order valence-corrected chi connectivity index (χ3v) is 12.2. The van der Waals surface area contributed by atoms with Gasteiger partial charge in [0.2, 0.25) is 0 Å². The molecule has 3 heterocycles. The Labute approximate surface area is 350 Å². The summed E-state index contributed by atoms with van der Waals surface area (Å²) in [4.78, 5) is 14.7. The normalized spacial score (nSPS) is 12.8. The Hall–Kier alpha value is -8.65. The molecule has 0 amide bonds. The highest BCUT2D eigenvalue weighted by molar-refractivity contribution is 6.16. The SMILES string of the molecule is N#Cc1cc(-n2c3ccccc3c3ccc4c(c32)-c2ccccc2C42c3ccccc3Oc3ccccc32)c(C#N)cc1-c1nc(-c2ccccc2)nc(-c2ccccc2)n1. The zero-order valence-corrected chi connectivity index (χ0v) is 32.4. The number of nitrogens with zero attached hydrogens (tertiary/aromatic N) is 6. The quantitative estimate of drug-likeness (QED) is 0.176. The van der Waals surface area contributed by atoms with Crippen LogP contribution in [0.4, 0.5) is 0 Å². The summed E-state index contributed by atoms with van der Waals surface area (Å²) in [6.07, 6.45) is 0. The van der Waals surface area contributed by atoms with Crippen molar-refractivity contribution in [3.05, 3.63) is 215 Å². The van der Waals surface area contributed by atoms with Crippen LogP contribution in [0.2, 0.25) is 0 Å². The Bertz CT molecular complexity index is 3440. The van der Waals surface area contributed by atoms with Crippen molar-refractivity contribution in [3.63, 3.8) is 0 Å². The second-order valence-electron chi connectivity index (χ2n) is 15.3. The lowest BCUT2D eigenvalue weighted by Gasteiger charge is -2.39. The highest BCUT2D eigenvalue weighted by Gasteiger charge is 2.51. The number of ether oxygens (including phenoxy) is 1. The Morgan fingerprint density at radius 3 is 1.67 bits per heavy atom. The Morgan fingerprint density at radius 2 is 1.02 bits per heavy atom. The van der Waals surface area contributed by atoms with Gasteiger partial charge in [-0.05, 0) is 47.0 Å². The molecule has 0 saturated carbocycles. The van der Waals surface area contributed by atoms with E-state index >= 15 is 0 Å². The molecule has 0 atom stereocenters. The molecule has 2 aliphatic rings. The number of hydrogen-bond donors (Lipinski definition) is 0. The molecule has 1 spiro atoms. The molecule has 1 aliphatic heterocycles. The van der Waals surface area contributed by atoms with E-state index < -0.39 is 5.41 Å². The second kappa shape index (κ2) is 13.2. The molecule has 282 valence electrons. The number of para-hydroxylation sites is 3. The fourth-order valence-corrected chi connectivity index (χ4v) is 9.71. The second-order valence-corrected chi connectivity index (χ2v) is 15.3. The van der Waals surface area contributed by atoms with Crippen molar-refractivity contribution in [1.29, 1.82) is 10.5 Å². The van der Waals surface area contributed by atoms with Crippen molar-refractivity contribution in [2.75, 3.05) is 0 Å².